The molecule has 0 saturated carbocycles. The third-order valence-corrected chi connectivity index (χ3v) is 6.33. The van der Waals surface area contributed by atoms with Gasteiger partial charge in [-0.25, -0.2) is 9.97 Å². The van der Waals surface area contributed by atoms with Gasteiger partial charge in [0.25, 0.3) is 5.91 Å². The van der Waals surface area contributed by atoms with Gasteiger partial charge >= 0.3 is 0 Å². The molecule has 1 atom stereocenters. The van der Waals surface area contributed by atoms with Crippen LogP contribution in [-0.4, -0.2) is 65.3 Å². The summed E-state index contributed by atoms with van der Waals surface area (Å²) in [5, 5.41) is 10.0. The standard InChI is InChI=1S/C22H28N4O3/c1-2-29-19-7-4-3-6-18(19)20(28)25-12-8-22(9-13-25)16-26(14-17(22)15-27)21-23-10-5-11-24-21/h3-7,10-11,17,27H,2,8-9,12-16H2,1H3. The van der Waals surface area contributed by atoms with E-state index in [1.54, 1.807) is 12.4 Å². The van der Waals surface area contributed by atoms with Crippen LogP contribution in [0.5, 0.6) is 5.75 Å². The highest BCUT2D eigenvalue weighted by Crippen LogP contribution is 2.45. The van der Waals surface area contributed by atoms with Crippen molar-refractivity contribution >= 4 is 11.9 Å². The Balaban J connectivity index is 1.46. The summed E-state index contributed by atoms with van der Waals surface area (Å²) in [4.78, 5) is 25.9. The fourth-order valence-electron chi connectivity index (χ4n) is 4.71. The molecule has 0 radical (unpaired) electrons. The van der Waals surface area contributed by atoms with Gasteiger partial charge in [0.2, 0.25) is 5.95 Å². The van der Waals surface area contributed by atoms with Crippen LogP contribution >= 0.6 is 0 Å². The number of amides is 1. The van der Waals surface area contributed by atoms with E-state index < -0.39 is 0 Å². The van der Waals surface area contributed by atoms with Crippen LogP contribution in [0.3, 0.4) is 0 Å². The maximum atomic E-state index is 13.1. The zero-order chi connectivity index (χ0) is 20.3. The molecule has 1 spiro atoms. The first-order valence-corrected chi connectivity index (χ1v) is 10.3. The summed E-state index contributed by atoms with van der Waals surface area (Å²) >= 11 is 0. The fourth-order valence-corrected chi connectivity index (χ4v) is 4.71. The van der Waals surface area contributed by atoms with E-state index in [0.29, 0.717) is 37.0 Å². The molecular weight excluding hydrogens is 368 g/mol. The molecule has 2 saturated heterocycles. The molecule has 2 aliphatic heterocycles. The molecule has 1 amide bonds. The van der Waals surface area contributed by atoms with Crippen molar-refractivity contribution in [1.29, 1.82) is 0 Å². The van der Waals surface area contributed by atoms with Crippen LogP contribution in [0, 0.1) is 11.3 Å². The quantitative estimate of drug-likeness (QED) is 0.835. The van der Waals surface area contributed by atoms with Crippen LogP contribution in [-0.2, 0) is 0 Å². The molecule has 0 bridgehead atoms. The van der Waals surface area contributed by atoms with Crippen molar-refractivity contribution in [2.24, 2.45) is 11.3 Å². The van der Waals surface area contributed by atoms with Crippen LogP contribution in [0.2, 0.25) is 0 Å². The molecule has 7 heteroatoms. The van der Waals surface area contributed by atoms with Gasteiger partial charge in [-0.3, -0.25) is 4.79 Å². The van der Waals surface area contributed by atoms with E-state index in [-0.39, 0.29) is 23.8 Å². The third kappa shape index (κ3) is 3.79. The molecule has 2 aliphatic rings. The van der Waals surface area contributed by atoms with Crippen molar-refractivity contribution in [2.45, 2.75) is 19.8 Å². The van der Waals surface area contributed by atoms with Gasteiger partial charge in [-0.2, -0.15) is 0 Å². The van der Waals surface area contributed by atoms with Crippen molar-refractivity contribution in [3.8, 4) is 5.75 Å². The van der Waals surface area contributed by atoms with E-state index in [1.165, 1.54) is 0 Å². The number of rotatable bonds is 5. The average molecular weight is 396 g/mol. The van der Waals surface area contributed by atoms with E-state index in [4.69, 9.17) is 4.74 Å². The second-order valence-electron chi connectivity index (χ2n) is 7.89. The Morgan fingerprint density at radius 1 is 1.21 bits per heavy atom. The van der Waals surface area contributed by atoms with Crippen LogP contribution in [0.25, 0.3) is 0 Å². The number of aliphatic hydroxyl groups excluding tert-OH is 1. The summed E-state index contributed by atoms with van der Waals surface area (Å²) in [6, 6.07) is 9.25. The molecule has 4 rings (SSSR count). The maximum Gasteiger partial charge on any atom is 0.257 e. The Hall–Kier alpha value is -2.67. The lowest BCUT2D eigenvalue weighted by atomic mass is 9.71. The number of anilines is 1. The Kier molecular flexibility index (Phi) is 5.67. The van der Waals surface area contributed by atoms with Crippen LogP contribution in [0.1, 0.15) is 30.1 Å². The van der Waals surface area contributed by atoms with Crippen LogP contribution in [0.15, 0.2) is 42.7 Å². The van der Waals surface area contributed by atoms with Gasteiger partial charge in [-0.05, 0) is 43.4 Å². The molecule has 2 fully saturated rings. The molecule has 29 heavy (non-hydrogen) atoms. The lowest BCUT2D eigenvalue weighted by Crippen LogP contribution is -2.47. The average Bonchev–Trinajstić information content (AvgIpc) is 3.13. The Bertz CT molecular complexity index is 837. The minimum atomic E-state index is -0.00975. The second-order valence-corrected chi connectivity index (χ2v) is 7.89. The van der Waals surface area contributed by atoms with Crippen molar-refractivity contribution in [2.75, 3.05) is 44.3 Å². The number of benzene rings is 1. The predicted octanol–water partition coefficient (Wildman–Crippen LogP) is 2.23. The van der Waals surface area contributed by atoms with Gasteiger partial charge in [0, 0.05) is 51.1 Å². The highest BCUT2D eigenvalue weighted by molar-refractivity contribution is 5.97. The zero-order valence-electron chi connectivity index (χ0n) is 16.8. The number of carbonyl (C=O) groups is 1. The van der Waals surface area contributed by atoms with Crippen LogP contribution in [0.4, 0.5) is 5.95 Å². The molecule has 1 aromatic carbocycles. The number of hydrogen-bond donors (Lipinski definition) is 1. The normalized spacial score (nSPS) is 20.8. The summed E-state index contributed by atoms with van der Waals surface area (Å²) in [5.41, 5.74) is 0.610. The van der Waals surface area contributed by atoms with Gasteiger partial charge in [0.1, 0.15) is 5.75 Å². The van der Waals surface area contributed by atoms with E-state index >= 15 is 0 Å². The van der Waals surface area contributed by atoms with Gasteiger partial charge in [0.05, 0.1) is 12.2 Å². The number of hydrogen-bond acceptors (Lipinski definition) is 6. The van der Waals surface area contributed by atoms with E-state index in [2.05, 4.69) is 14.9 Å². The number of carbonyl (C=O) groups excluding carboxylic acids is 1. The van der Waals surface area contributed by atoms with Gasteiger partial charge in [0.15, 0.2) is 0 Å². The number of likely N-dealkylation sites (tertiary alicyclic amines) is 1. The first-order chi connectivity index (χ1) is 14.2. The summed E-state index contributed by atoms with van der Waals surface area (Å²) in [5.74, 6) is 1.54. The molecule has 1 N–H and O–H groups in total. The zero-order valence-corrected chi connectivity index (χ0v) is 16.8. The summed E-state index contributed by atoms with van der Waals surface area (Å²) in [6.07, 6.45) is 5.23. The third-order valence-electron chi connectivity index (χ3n) is 6.33. The van der Waals surface area contributed by atoms with Crippen molar-refractivity contribution < 1.29 is 14.6 Å². The highest BCUT2D eigenvalue weighted by Gasteiger charge is 2.48. The molecule has 0 aliphatic carbocycles. The monoisotopic (exact) mass is 396 g/mol. The molecule has 7 nitrogen and oxygen atoms in total. The second kappa shape index (κ2) is 8.37. The molecule has 3 heterocycles. The lowest BCUT2D eigenvalue weighted by Gasteiger charge is -2.42. The van der Waals surface area contributed by atoms with Gasteiger partial charge in [-0.1, -0.05) is 12.1 Å². The molecular formula is C22H28N4O3. The summed E-state index contributed by atoms with van der Waals surface area (Å²) < 4.78 is 5.64. The van der Waals surface area contributed by atoms with Gasteiger partial charge < -0.3 is 19.6 Å². The maximum absolute atomic E-state index is 13.1. The highest BCUT2D eigenvalue weighted by atomic mass is 16.5. The first-order valence-electron chi connectivity index (χ1n) is 10.3. The summed E-state index contributed by atoms with van der Waals surface area (Å²) in [6.45, 7) is 5.52. The SMILES string of the molecule is CCOc1ccccc1C(=O)N1CCC2(CC1)CN(c1ncccn1)CC2CO. The van der Waals surface area contributed by atoms with Crippen LogP contribution < -0.4 is 9.64 Å². The number of aromatic nitrogens is 2. The fraction of sp³-hybridized carbons (Fsp3) is 0.500. The molecule has 1 unspecified atom stereocenters. The minimum Gasteiger partial charge on any atom is -0.493 e. The lowest BCUT2D eigenvalue weighted by molar-refractivity contribution is 0.0413. The number of para-hydroxylation sites is 1. The van der Waals surface area contributed by atoms with E-state index in [1.807, 2.05) is 42.2 Å². The largest absolute Gasteiger partial charge is 0.493 e. The number of piperidine rings is 1. The smallest absolute Gasteiger partial charge is 0.257 e. The molecule has 154 valence electrons. The molecule has 1 aromatic heterocycles. The number of nitrogens with zero attached hydrogens (tertiary/aromatic N) is 4. The van der Waals surface area contributed by atoms with Crippen molar-refractivity contribution in [1.82, 2.24) is 14.9 Å². The van der Waals surface area contributed by atoms with Crippen molar-refractivity contribution in [3.63, 3.8) is 0 Å². The minimum absolute atomic E-state index is 0.00975. The first kappa shape index (κ1) is 19.6. The molecule has 2 aromatic rings. The van der Waals surface area contributed by atoms with E-state index in [9.17, 15) is 9.90 Å². The Labute approximate surface area is 171 Å². The Morgan fingerprint density at radius 2 is 1.93 bits per heavy atom. The summed E-state index contributed by atoms with van der Waals surface area (Å²) in [7, 11) is 0. The van der Waals surface area contributed by atoms with Gasteiger partial charge in [-0.15, -0.1) is 0 Å². The van der Waals surface area contributed by atoms with Crippen molar-refractivity contribution in [3.05, 3.63) is 48.3 Å². The Morgan fingerprint density at radius 3 is 2.62 bits per heavy atom. The number of aliphatic hydroxyl groups is 1. The van der Waals surface area contributed by atoms with E-state index in [0.717, 1.165) is 25.9 Å². The predicted molar refractivity (Wildman–Crippen MR) is 110 cm³/mol. The number of ether oxygens (including phenoxy) is 1. The topological polar surface area (TPSA) is 78.8 Å².